The number of fused-ring (bicyclic) bond motifs is 1. The normalized spacial score (nSPS) is 28.2. The van der Waals surface area contributed by atoms with E-state index in [2.05, 4.69) is 55.2 Å². The summed E-state index contributed by atoms with van der Waals surface area (Å²) in [6, 6.07) is 8.99. The summed E-state index contributed by atoms with van der Waals surface area (Å²) in [7, 11) is 0. The fourth-order valence-electron chi connectivity index (χ4n) is 3.97. The van der Waals surface area contributed by atoms with Crippen molar-refractivity contribution in [2.24, 2.45) is 17.8 Å². The second-order valence-corrected chi connectivity index (χ2v) is 8.63. The smallest absolute Gasteiger partial charge is 0.0138 e. The van der Waals surface area contributed by atoms with E-state index in [1.807, 2.05) is 0 Å². The Kier molecular flexibility index (Phi) is 5.29. The Morgan fingerprint density at radius 2 is 2.00 bits per heavy atom. The SMILES string of the molecule is CC(C)CNCC1CCCC1CC1Cc2ccccc2S1. The molecule has 1 aliphatic heterocycles. The highest BCUT2D eigenvalue weighted by atomic mass is 32.2. The molecule has 1 nitrogen and oxygen atoms in total. The fourth-order valence-corrected chi connectivity index (χ4v) is 5.40. The molecule has 1 aliphatic carbocycles. The molecule has 1 fully saturated rings. The summed E-state index contributed by atoms with van der Waals surface area (Å²) in [5, 5.41) is 4.52. The Labute approximate surface area is 134 Å². The maximum absolute atomic E-state index is 3.69. The quantitative estimate of drug-likeness (QED) is 0.813. The van der Waals surface area contributed by atoms with E-state index >= 15 is 0 Å². The predicted octanol–water partition coefficient (Wildman–Crippen LogP) is 4.76. The molecule has 1 aromatic rings. The average Bonchev–Trinajstić information content (AvgIpc) is 3.05. The molecule has 0 aromatic heterocycles. The van der Waals surface area contributed by atoms with E-state index in [1.54, 1.807) is 5.56 Å². The van der Waals surface area contributed by atoms with Crippen molar-refractivity contribution in [3.8, 4) is 0 Å². The Bertz CT molecular complexity index is 432. The van der Waals surface area contributed by atoms with Crippen molar-refractivity contribution in [3.05, 3.63) is 29.8 Å². The minimum Gasteiger partial charge on any atom is -0.316 e. The molecule has 0 amide bonds. The van der Waals surface area contributed by atoms with Crippen LogP contribution in [0.5, 0.6) is 0 Å². The first-order chi connectivity index (χ1) is 10.2. The van der Waals surface area contributed by atoms with Crippen molar-refractivity contribution in [1.82, 2.24) is 5.32 Å². The van der Waals surface area contributed by atoms with Crippen LogP contribution in [0, 0.1) is 17.8 Å². The summed E-state index contributed by atoms with van der Waals surface area (Å²) < 4.78 is 0. The van der Waals surface area contributed by atoms with Crippen LogP contribution in [0.4, 0.5) is 0 Å². The van der Waals surface area contributed by atoms with Crippen molar-refractivity contribution in [2.45, 2.75) is 56.1 Å². The largest absolute Gasteiger partial charge is 0.316 e. The molecule has 0 saturated heterocycles. The summed E-state index contributed by atoms with van der Waals surface area (Å²) in [6.07, 6.45) is 7.07. The molecule has 2 aliphatic rings. The van der Waals surface area contributed by atoms with E-state index in [9.17, 15) is 0 Å². The summed E-state index contributed by atoms with van der Waals surface area (Å²) in [4.78, 5) is 1.54. The zero-order valence-corrected chi connectivity index (χ0v) is 14.3. The van der Waals surface area contributed by atoms with E-state index < -0.39 is 0 Å². The van der Waals surface area contributed by atoms with Gasteiger partial charge in [-0.1, -0.05) is 44.9 Å². The molecule has 0 bridgehead atoms. The van der Waals surface area contributed by atoms with Gasteiger partial charge in [-0.05, 0) is 61.7 Å². The van der Waals surface area contributed by atoms with Crippen molar-refractivity contribution in [1.29, 1.82) is 0 Å². The van der Waals surface area contributed by atoms with Gasteiger partial charge in [-0.3, -0.25) is 0 Å². The minimum atomic E-state index is 0.768. The second-order valence-electron chi connectivity index (χ2n) is 7.29. The molecule has 3 rings (SSSR count). The molecule has 1 N–H and O–H groups in total. The van der Waals surface area contributed by atoms with Gasteiger partial charge in [0.25, 0.3) is 0 Å². The van der Waals surface area contributed by atoms with Crippen LogP contribution in [-0.4, -0.2) is 18.3 Å². The van der Waals surface area contributed by atoms with Gasteiger partial charge >= 0.3 is 0 Å². The molecule has 2 heteroatoms. The lowest BCUT2D eigenvalue weighted by molar-refractivity contribution is 0.339. The second kappa shape index (κ2) is 7.19. The first kappa shape index (κ1) is 15.4. The van der Waals surface area contributed by atoms with Crippen LogP contribution in [-0.2, 0) is 6.42 Å². The first-order valence-electron chi connectivity index (χ1n) is 8.67. The number of hydrogen-bond donors (Lipinski definition) is 1. The molecule has 0 radical (unpaired) electrons. The third-order valence-corrected chi connectivity index (χ3v) is 6.40. The predicted molar refractivity (Wildman–Crippen MR) is 92.9 cm³/mol. The van der Waals surface area contributed by atoms with Crippen molar-refractivity contribution < 1.29 is 0 Å². The lowest BCUT2D eigenvalue weighted by Gasteiger charge is -2.23. The minimum absolute atomic E-state index is 0.768. The number of rotatable bonds is 6. The summed E-state index contributed by atoms with van der Waals surface area (Å²) >= 11 is 2.13. The Hall–Kier alpha value is -0.470. The maximum atomic E-state index is 3.69. The van der Waals surface area contributed by atoms with Gasteiger partial charge in [-0.15, -0.1) is 11.8 Å². The Morgan fingerprint density at radius 3 is 2.81 bits per heavy atom. The van der Waals surface area contributed by atoms with Crippen LogP contribution in [0.25, 0.3) is 0 Å². The van der Waals surface area contributed by atoms with Gasteiger partial charge in [0, 0.05) is 10.1 Å². The standard InChI is InChI=1S/C19H29NS/c1-14(2)12-20-13-17-8-5-7-15(17)10-18-11-16-6-3-4-9-19(16)21-18/h3-4,6,9,14-15,17-18,20H,5,7-8,10-13H2,1-2H3. The van der Waals surface area contributed by atoms with E-state index in [0.717, 1.165) is 23.0 Å². The third kappa shape index (κ3) is 4.04. The molecular formula is C19H29NS. The molecule has 1 heterocycles. The number of benzene rings is 1. The molecular weight excluding hydrogens is 274 g/mol. The average molecular weight is 304 g/mol. The number of thioether (sulfide) groups is 1. The monoisotopic (exact) mass is 303 g/mol. The van der Waals surface area contributed by atoms with Gasteiger partial charge in [-0.2, -0.15) is 0 Å². The molecule has 1 saturated carbocycles. The van der Waals surface area contributed by atoms with Gasteiger partial charge in [-0.25, -0.2) is 0 Å². The molecule has 21 heavy (non-hydrogen) atoms. The highest BCUT2D eigenvalue weighted by Crippen LogP contribution is 2.43. The van der Waals surface area contributed by atoms with Gasteiger partial charge < -0.3 is 5.32 Å². The zero-order chi connectivity index (χ0) is 14.7. The van der Waals surface area contributed by atoms with Crippen LogP contribution in [0.1, 0.15) is 45.1 Å². The van der Waals surface area contributed by atoms with Crippen LogP contribution >= 0.6 is 11.8 Å². The third-order valence-electron chi connectivity index (χ3n) is 5.06. The van der Waals surface area contributed by atoms with Crippen molar-refractivity contribution >= 4 is 11.8 Å². The summed E-state index contributed by atoms with van der Waals surface area (Å²) in [5.41, 5.74) is 1.58. The Balaban J connectivity index is 1.49. The molecule has 3 unspecified atom stereocenters. The molecule has 116 valence electrons. The summed E-state index contributed by atoms with van der Waals surface area (Å²) in [5.74, 6) is 2.65. The molecule has 1 aromatic carbocycles. The lowest BCUT2D eigenvalue weighted by Crippen LogP contribution is -2.29. The highest BCUT2D eigenvalue weighted by Gasteiger charge is 2.31. The Morgan fingerprint density at radius 1 is 1.19 bits per heavy atom. The lowest BCUT2D eigenvalue weighted by atomic mass is 9.90. The van der Waals surface area contributed by atoms with Gasteiger partial charge in [0.2, 0.25) is 0 Å². The zero-order valence-electron chi connectivity index (χ0n) is 13.5. The first-order valence-corrected chi connectivity index (χ1v) is 9.55. The van der Waals surface area contributed by atoms with Crippen LogP contribution in [0.3, 0.4) is 0 Å². The van der Waals surface area contributed by atoms with Crippen molar-refractivity contribution in [2.75, 3.05) is 13.1 Å². The molecule has 0 spiro atoms. The van der Waals surface area contributed by atoms with Crippen LogP contribution < -0.4 is 5.32 Å². The van der Waals surface area contributed by atoms with Gasteiger partial charge in [0.05, 0.1) is 0 Å². The van der Waals surface area contributed by atoms with Gasteiger partial charge in [0.1, 0.15) is 0 Å². The van der Waals surface area contributed by atoms with Gasteiger partial charge in [0.15, 0.2) is 0 Å². The fraction of sp³-hybridized carbons (Fsp3) is 0.684. The highest BCUT2D eigenvalue weighted by molar-refractivity contribution is 8.00. The van der Waals surface area contributed by atoms with E-state index in [-0.39, 0.29) is 0 Å². The van der Waals surface area contributed by atoms with E-state index in [0.29, 0.717) is 0 Å². The van der Waals surface area contributed by atoms with Crippen LogP contribution in [0.2, 0.25) is 0 Å². The summed E-state index contributed by atoms with van der Waals surface area (Å²) in [6.45, 7) is 7.01. The maximum Gasteiger partial charge on any atom is 0.0138 e. The number of nitrogens with one attached hydrogen (secondary N) is 1. The van der Waals surface area contributed by atoms with Crippen molar-refractivity contribution in [3.63, 3.8) is 0 Å². The molecule has 3 atom stereocenters. The number of hydrogen-bond acceptors (Lipinski definition) is 2. The topological polar surface area (TPSA) is 12.0 Å². The van der Waals surface area contributed by atoms with E-state index in [4.69, 9.17) is 0 Å². The van der Waals surface area contributed by atoms with E-state index in [1.165, 1.54) is 50.1 Å². The van der Waals surface area contributed by atoms with Crippen LogP contribution in [0.15, 0.2) is 29.2 Å².